The van der Waals surface area contributed by atoms with Gasteiger partial charge in [-0.05, 0) is 43.7 Å². The lowest BCUT2D eigenvalue weighted by atomic mass is 9.83. The van der Waals surface area contributed by atoms with Crippen molar-refractivity contribution < 1.29 is 13.2 Å². The highest BCUT2D eigenvalue weighted by Gasteiger charge is 2.33. The van der Waals surface area contributed by atoms with E-state index in [1.54, 1.807) is 20.2 Å². The molecule has 1 aliphatic rings. The lowest BCUT2D eigenvalue weighted by Crippen LogP contribution is -2.45. The lowest BCUT2D eigenvalue weighted by Gasteiger charge is -2.30. The van der Waals surface area contributed by atoms with Crippen LogP contribution < -0.4 is 15.4 Å². The highest BCUT2D eigenvalue weighted by Crippen LogP contribution is 2.40. The van der Waals surface area contributed by atoms with Crippen LogP contribution in [-0.4, -0.2) is 54.8 Å². The Labute approximate surface area is 190 Å². The molecular weight excluding hydrogens is 511 g/mol. The minimum atomic E-state index is -3.44. The third-order valence-electron chi connectivity index (χ3n) is 5.05. The smallest absolute Gasteiger partial charge is 0.250 e. The first-order chi connectivity index (χ1) is 12.9. The van der Waals surface area contributed by atoms with Crippen molar-refractivity contribution >= 4 is 51.3 Å². The van der Waals surface area contributed by atoms with Gasteiger partial charge < -0.3 is 15.4 Å². The van der Waals surface area contributed by atoms with Gasteiger partial charge >= 0.3 is 0 Å². The van der Waals surface area contributed by atoms with E-state index >= 15 is 0 Å². The van der Waals surface area contributed by atoms with E-state index in [-0.39, 0.29) is 29.4 Å². The van der Waals surface area contributed by atoms with Crippen molar-refractivity contribution in [3.63, 3.8) is 0 Å². The molecule has 0 amide bonds. The Hall–Kier alpha value is -0.430. The van der Waals surface area contributed by atoms with Gasteiger partial charge in [-0.1, -0.05) is 12.8 Å². The van der Waals surface area contributed by atoms with Crippen molar-refractivity contribution in [1.82, 2.24) is 15.4 Å². The highest BCUT2D eigenvalue weighted by atomic mass is 127. The summed E-state index contributed by atoms with van der Waals surface area (Å²) in [6.07, 6.45) is 6.00. The zero-order valence-electron chi connectivity index (χ0n) is 16.9. The maximum absolute atomic E-state index is 12.2. The minimum Gasteiger partial charge on any atom is -0.385 e. The van der Waals surface area contributed by atoms with Gasteiger partial charge in [0.2, 0.25) is 10.0 Å². The summed E-state index contributed by atoms with van der Waals surface area (Å²) in [6.45, 7) is 4.29. The van der Waals surface area contributed by atoms with Crippen LogP contribution >= 0.6 is 35.3 Å². The fraction of sp³-hybridized carbons (Fsp3) is 0.722. The van der Waals surface area contributed by atoms with E-state index in [2.05, 4.69) is 20.3 Å². The molecule has 7 nitrogen and oxygen atoms in total. The van der Waals surface area contributed by atoms with Gasteiger partial charge in [-0.2, -0.15) is 0 Å². The molecule has 0 spiro atoms. The van der Waals surface area contributed by atoms with Crippen molar-refractivity contribution in [2.24, 2.45) is 10.4 Å². The number of guanidine groups is 1. The number of rotatable bonds is 10. The number of nitrogens with one attached hydrogen (secondary N) is 3. The fourth-order valence-electron chi connectivity index (χ4n) is 3.44. The van der Waals surface area contributed by atoms with E-state index < -0.39 is 10.0 Å². The molecule has 0 unspecified atom stereocenters. The number of hydrogen-bond donors (Lipinski definition) is 3. The molecule has 1 fully saturated rings. The molecule has 0 saturated heterocycles. The average Bonchev–Trinajstić information content (AvgIpc) is 3.29. The first-order valence-corrected chi connectivity index (χ1v) is 11.7. The van der Waals surface area contributed by atoms with Crippen molar-refractivity contribution in [3.8, 4) is 0 Å². The molecule has 1 aromatic heterocycles. The summed E-state index contributed by atoms with van der Waals surface area (Å²) in [6, 6.07) is 3.45. The second kappa shape index (κ2) is 12.3. The van der Waals surface area contributed by atoms with Crippen LogP contribution in [0.1, 0.15) is 37.0 Å². The van der Waals surface area contributed by atoms with Crippen LogP contribution in [0.25, 0.3) is 0 Å². The van der Waals surface area contributed by atoms with Gasteiger partial charge in [0.05, 0.1) is 0 Å². The molecule has 1 saturated carbocycles. The van der Waals surface area contributed by atoms with Gasteiger partial charge in [0.15, 0.2) is 5.96 Å². The fourth-order valence-corrected chi connectivity index (χ4v) is 5.80. The normalized spacial score (nSPS) is 16.6. The summed E-state index contributed by atoms with van der Waals surface area (Å²) in [5, 5.41) is 6.58. The van der Waals surface area contributed by atoms with Crippen LogP contribution in [0.4, 0.5) is 0 Å². The third kappa shape index (κ3) is 7.77. The topological polar surface area (TPSA) is 91.8 Å². The van der Waals surface area contributed by atoms with E-state index in [4.69, 9.17) is 4.74 Å². The third-order valence-corrected chi connectivity index (χ3v) is 8.00. The summed E-state index contributed by atoms with van der Waals surface area (Å²) >= 11 is 1.27. The molecule has 1 aliphatic carbocycles. The maximum atomic E-state index is 12.2. The summed E-state index contributed by atoms with van der Waals surface area (Å²) in [5.74, 6) is 0.699. The van der Waals surface area contributed by atoms with Crippen LogP contribution in [-0.2, 0) is 14.8 Å². The van der Waals surface area contributed by atoms with Gasteiger partial charge in [0.1, 0.15) is 4.21 Å². The van der Waals surface area contributed by atoms with Crippen LogP contribution in [0.2, 0.25) is 0 Å². The van der Waals surface area contributed by atoms with E-state index in [9.17, 15) is 8.42 Å². The number of aryl methyl sites for hydroxylation is 1. The molecule has 0 aliphatic heterocycles. The monoisotopic (exact) mass is 544 g/mol. The minimum absolute atomic E-state index is 0. The SMILES string of the molecule is CN=C(NCCNS(=O)(=O)c1ccc(C)s1)NCC1(CCOC)CCCC1.I. The predicted molar refractivity (Wildman–Crippen MR) is 126 cm³/mol. The number of sulfonamides is 1. The molecule has 10 heteroatoms. The molecule has 0 radical (unpaired) electrons. The lowest BCUT2D eigenvalue weighted by molar-refractivity contribution is 0.138. The van der Waals surface area contributed by atoms with Gasteiger partial charge in [0, 0.05) is 45.3 Å². The van der Waals surface area contributed by atoms with E-state index in [1.165, 1.54) is 37.0 Å². The second-order valence-electron chi connectivity index (χ2n) is 7.07. The molecule has 0 bridgehead atoms. The van der Waals surface area contributed by atoms with Crippen LogP contribution in [0.15, 0.2) is 21.3 Å². The number of thiophene rings is 1. The van der Waals surface area contributed by atoms with Crippen LogP contribution in [0.5, 0.6) is 0 Å². The summed E-state index contributed by atoms with van der Waals surface area (Å²) in [7, 11) is 0.0365. The molecule has 0 aromatic carbocycles. The van der Waals surface area contributed by atoms with E-state index in [0.717, 1.165) is 24.4 Å². The number of halogens is 1. The molecule has 2 rings (SSSR count). The quantitative estimate of drug-likeness (QED) is 0.182. The maximum Gasteiger partial charge on any atom is 0.250 e. The zero-order valence-corrected chi connectivity index (χ0v) is 20.9. The Morgan fingerprint density at radius 2 is 1.96 bits per heavy atom. The van der Waals surface area contributed by atoms with E-state index in [0.29, 0.717) is 23.3 Å². The Balaban J connectivity index is 0.00000392. The summed E-state index contributed by atoms with van der Waals surface area (Å²) in [5.41, 5.74) is 0.270. The van der Waals surface area contributed by atoms with Crippen molar-refractivity contribution in [1.29, 1.82) is 0 Å². The van der Waals surface area contributed by atoms with Gasteiger partial charge in [-0.3, -0.25) is 4.99 Å². The molecule has 28 heavy (non-hydrogen) atoms. The average molecular weight is 545 g/mol. The number of methoxy groups -OCH3 is 1. The van der Waals surface area contributed by atoms with Crippen molar-refractivity contribution in [2.45, 2.75) is 43.2 Å². The first-order valence-electron chi connectivity index (χ1n) is 9.40. The van der Waals surface area contributed by atoms with Crippen LogP contribution in [0.3, 0.4) is 0 Å². The molecular formula is C18H33IN4O3S2. The number of nitrogens with zero attached hydrogens (tertiary/aromatic N) is 1. The summed E-state index contributed by atoms with van der Waals surface area (Å²) in [4.78, 5) is 5.22. The van der Waals surface area contributed by atoms with Gasteiger partial charge in [-0.15, -0.1) is 35.3 Å². The Bertz CT molecular complexity index is 716. The largest absolute Gasteiger partial charge is 0.385 e. The summed E-state index contributed by atoms with van der Waals surface area (Å²) < 4.78 is 32.7. The van der Waals surface area contributed by atoms with Crippen LogP contribution in [0, 0.1) is 12.3 Å². The first kappa shape index (κ1) is 25.6. The Morgan fingerprint density at radius 3 is 2.54 bits per heavy atom. The number of aliphatic imine (C=N–C) groups is 1. The molecule has 1 aromatic rings. The molecule has 1 heterocycles. The zero-order chi connectivity index (χ0) is 19.8. The molecule has 3 N–H and O–H groups in total. The molecule has 0 atom stereocenters. The van der Waals surface area contributed by atoms with Gasteiger partial charge in [-0.25, -0.2) is 13.1 Å². The predicted octanol–water partition coefficient (Wildman–Crippen LogP) is 2.71. The van der Waals surface area contributed by atoms with Crippen molar-refractivity contribution in [2.75, 3.05) is 40.4 Å². The highest BCUT2D eigenvalue weighted by molar-refractivity contribution is 14.0. The standard InChI is InChI=1S/C18H32N4O3S2.HI/c1-15-6-7-16(26-15)27(23,24)22-12-11-20-17(19-2)21-14-18(10-13-25-3)8-4-5-9-18;/h6-7,22H,4-5,8-14H2,1-3H3,(H2,19,20,21);1H. The van der Waals surface area contributed by atoms with Gasteiger partial charge in [0.25, 0.3) is 0 Å². The number of ether oxygens (including phenoxy) is 1. The van der Waals surface area contributed by atoms with E-state index in [1.807, 2.05) is 13.0 Å². The second-order valence-corrected chi connectivity index (χ2v) is 10.3. The Kier molecular flexibility index (Phi) is 11.3. The Morgan fingerprint density at radius 1 is 1.25 bits per heavy atom. The molecule has 162 valence electrons. The number of hydrogen-bond acceptors (Lipinski definition) is 5. The van der Waals surface area contributed by atoms with Crippen molar-refractivity contribution in [3.05, 3.63) is 17.0 Å².